The quantitative estimate of drug-likeness (QED) is 0.139. The molecular weight excluding hydrogens is 672 g/mol. The van der Waals surface area contributed by atoms with E-state index in [2.05, 4.69) is 12.6 Å². The molecule has 0 aromatic heterocycles. The normalized spacial score (nSPS) is 20.2. The first-order valence-corrected chi connectivity index (χ1v) is 17.8. The molecule has 0 aliphatic carbocycles. The van der Waals surface area contributed by atoms with Gasteiger partial charge in [0.15, 0.2) is 28.8 Å². The summed E-state index contributed by atoms with van der Waals surface area (Å²) in [6, 6.07) is 19.0. The van der Waals surface area contributed by atoms with Crippen molar-refractivity contribution < 1.29 is 38.0 Å². The highest BCUT2D eigenvalue weighted by Crippen LogP contribution is 2.57. The molecule has 10 heteroatoms. The zero-order chi connectivity index (χ0) is 37.4. The van der Waals surface area contributed by atoms with Gasteiger partial charge in [0.25, 0.3) is 0 Å². The first-order chi connectivity index (χ1) is 25.7. The number of amides is 1. The number of likely N-dealkylation sites (N-methyl/N-ethyl adjacent to an activating group) is 1. The van der Waals surface area contributed by atoms with Crippen LogP contribution in [0.2, 0.25) is 0 Å². The van der Waals surface area contributed by atoms with Crippen LogP contribution in [-0.4, -0.2) is 75.2 Å². The summed E-state index contributed by atoms with van der Waals surface area (Å²) >= 11 is 0. The molecule has 4 aromatic rings. The third kappa shape index (κ3) is 6.09. The van der Waals surface area contributed by atoms with E-state index in [4.69, 9.17) is 28.4 Å². The summed E-state index contributed by atoms with van der Waals surface area (Å²) in [5.74, 6) is 1.89. The fourth-order valence-corrected chi connectivity index (χ4v) is 8.41. The minimum Gasteiger partial charge on any atom is -0.493 e. The lowest BCUT2D eigenvalue weighted by Gasteiger charge is -2.56. The number of hydrogen-bond donors (Lipinski definition) is 0. The molecular formula is C43H46N2O8. The molecule has 0 saturated carbocycles. The van der Waals surface area contributed by atoms with Gasteiger partial charge in [-0.1, -0.05) is 79.4 Å². The molecule has 1 saturated heterocycles. The van der Waals surface area contributed by atoms with Crippen LogP contribution in [0.5, 0.6) is 28.7 Å². The van der Waals surface area contributed by atoms with E-state index >= 15 is 4.79 Å². The fourth-order valence-electron chi connectivity index (χ4n) is 8.41. The van der Waals surface area contributed by atoms with Crippen molar-refractivity contribution in [1.29, 1.82) is 0 Å². The highest BCUT2D eigenvalue weighted by Gasteiger charge is 2.59. The van der Waals surface area contributed by atoms with E-state index in [0.717, 1.165) is 27.8 Å². The molecule has 3 aliphatic heterocycles. The van der Waals surface area contributed by atoms with E-state index in [1.165, 1.54) is 0 Å². The number of ether oxygens (including phenoxy) is 6. The third-order valence-corrected chi connectivity index (χ3v) is 10.7. The maximum atomic E-state index is 15.5. The number of carbonyl (C=O) groups excluding carboxylic acids is 2. The number of carbonyl (C=O) groups is 2. The smallest absolute Gasteiger partial charge is 0.241 e. The van der Waals surface area contributed by atoms with Crippen molar-refractivity contribution in [2.24, 2.45) is 0 Å². The molecule has 10 nitrogen and oxygen atoms in total. The predicted molar refractivity (Wildman–Crippen MR) is 200 cm³/mol. The second-order valence-corrected chi connectivity index (χ2v) is 13.7. The first-order valence-electron chi connectivity index (χ1n) is 17.8. The topological polar surface area (TPSA) is 96.0 Å². The predicted octanol–water partition coefficient (Wildman–Crippen LogP) is 6.74. The van der Waals surface area contributed by atoms with Crippen LogP contribution in [0.3, 0.4) is 0 Å². The Labute approximate surface area is 310 Å². The summed E-state index contributed by atoms with van der Waals surface area (Å²) in [7, 11) is 6.64. The zero-order valence-corrected chi connectivity index (χ0v) is 31.1. The number of ketones is 1. The molecule has 3 aliphatic rings. The van der Waals surface area contributed by atoms with Crippen molar-refractivity contribution in [2.75, 3.05) is 41.6 Å². The Morgan fingerprint density at radius 3 is 2.04 bits per heavy atom. The molecule has 7 rings (SSSR count). The molecule has 0 N–H and O–H groups in total. The van der Waals surface area contributed by atoms with Gasteiger partial charge in [-0.2, -0.15) is 0 Å². The number of rotatable bonds is 13. The first kappa shape index (κ1) is 36.1. The highest BCUT2D eigenvalue weighted by molar-refractivity contribution is 6.10. The summed E-state index contributed by atoms with van der Waals surface area (Å²) in [6.07, 6.45) is 2.06. The second-order valence-electron chi connectivity index (χ2n) is 13.7. The molecule has 0 spiro atoms. The van der Waals surface area contributed by atoms with Gasteiger partial charge in [-0.05, 0) is 49.6 Å². The SMILES string of the molecule is C=CCOc1c(C)c(OC)c(OC)c2c1C(=O)[C@@H]1[C@H]3c4c(cc(C)c(OC)c4OCc4ccccc4)C[C@@H](C(=O)N1[C@H]2COCc1ccccc1)N3C. The Bertz CT molecular complexity index is 2030. The number of benzene rings is 4. The van der Waals surface area contributed by atoms with Crippen molar-refractivity contribution >= 4 is 11.7 Å². The van der Waals surface area contributed by atoms with Crippen molar-refractivity contribution in [1.82, 2.24) is 9.80 Å². The van der Waals surface area contributed by atoms with Gasteiger partial charge in [0.2, 0.25) is 5.91 Å². The van der Waals surface area contributed by atoms with Gasteiger partial charge in [-0.15, -0.1) is 0 Å². The molecule has 3 heterocycles. The molecule has 1 fully saturated rings. The van der Waals surface area contributed by atoms with Crippen molar-refractivity contribution in [2.45, 2.75) is 57.6 Å². The molecule has 276 valence electrons. The van der Waals surface area contributed by atoms with Gasteiger partial charge in [0.1, 0.15) is 25.0 Å². The summed E-state index contributed by atoms with van der Waals surface area (Å²) in [6.45, 7) is 8.51. The third-order valence-electron chi connectivity index (χ3n) is 10.7. The number of piperazine rings is 1. The van der Waals surface area contributed by atoms with Crippen molar-refractivity contribution in [3.8, 4) is 28.7 Å². The molecule has 0 unspecified atom stereocenters. The summed E-state index contributed by atoms with van der Waals surface area (Å²) in [5.41, 5.74) is 6.10. The minimum atomic E-state index is -0.962. The number of hydrogen-bond acceptors (Lipinski definition) is 9. The molecule has 4 atom stereocenters. The summed E-state index contributed by atoms with van der Waals surface area (Å²) in [5, 5.41) is 0. The number of Topliss-reactive ketones (excluding diaryl/α,β-unsaturated/α-hetero) is 1. The van der Waals surface area contributed by atoms with Crippen LogP contribution in [-0.2, 0) is 29.2 Å². The number of aryl methyl sites for hydroxylation is 1. The van der Waals surface area contributed by atoms with Gasteiger partial charge in [0.05, 0.1) is 58.2 Å². The van der Waals surface area contributed by atoms with Crippen LogP contribution < -0.4 is 23.7 Å². The van der Waals surface area contributed by atoms with E-state index in [-0.39, 0.29) is 24.9 Å². The second kappa shape index (κ2) is 15.0. The Morgan fingerprint density at radius 1 is 0.774 bits per heavy atom. The van der Waals surface area contributed by atoms with E-state index < -0.39 is 24.2 Å². The monoisotopic (exact) mass is 718 g/mol. The Morgan fingerprint density at radius 2 is 1.42 bits per heavy atom. The van der Waals surface area contributed by atoms with Gasteiger partial charge >= 0.3 is 0 Å². The minimum absolute atomic E-state index is 0.0888. The van der Waals surface area contributed by atoms with Gasteiger partial charge < -0.3 is 33.3 Å². The fraction of sp³-hybridized carbons (Fsp3) is 0.349. The molecule has 2 bridgehead atoms. The van der Waals surface area contributed by atoms with Crippen LogP contribution in [0.1, 0.15) is 61.4 Å². The van der Waals surface area contributed by atoms with E-state index in [9.17, 15) is 4.79 Å². The van der Waals surface area contributed by atoms with Crippen LogP contribution in [0.15, 0.2) is 79.4 Å². The maximum Gasteiger partial charge on any atom is 0.241 e. The highest BCUT2D eigenvalue weighted by atomic mass is 16.5. The summed E-state index contributed by atoms with van der Waals surface area (Å²) in [4.78, 5) is 34.2. The van der Waals surface area contributed by atoms with E-state index in [0.29, 0.717) is 65.1 Å². The molecule has 4 aromatic carbocycles. The Balaban J connectivity index is 1.44. The van der Waals surface area contributed by atoms with Crippen LogP contribution in [0.25, 0.3) is 0 Å². The number of methoxy groups -OCH3 is 3. The average molecular weight is 719 g/mol. The lowest BCUT2D eigenvalue weighted by atomic mass is 9.73. The molecule has 0 radical (unpaired) electrons. The Hall–Kier alpha value is -5.32. The Kier molecular flexibility index (Phi) is 10.2. The lowest BCUT2D eigenvalue weighted by Crippen LogP contribution is -2.68. The number of fused-ring (bicyclic) bond motifs is 7. The lowest BCUT2D eigenvalue weighted by molar-refractivity contribution is -0.156. The van der Waals surface area contributed by atoms with Crippen molar-refractivity contribution in [3.63, 3.8) is 0 Å². The summed E-state index contributed by atoms with van der Waals surface area (Å²) < 4.78 is 37.4. The molecule has 53 heavy (non-hydrogen) atoms. The zero-order valence-electron chi connectivity index (χ0n) is 31.1. The van der Waals surface area contributed by atoms with Crippen LogP contribution >= 0.6 is 0 Å². The van der Waals surface area contributed by atoms with E-state index in [1.807, 2.05) is 86.5 Å². The van der Waals surface area contributed by atoms with Gasteiger partial charge in [-0.25, -0.2) is 0 Å². The van der Waals surface area contributed by atoms with Gasteiger partial charge in [0, 0.05) is 16.7 Å². The van der Waals surface area contributed by atoms with Crippen molar-refractivity contribution in [3.05, 3.63) is 124 Å². The number of nitrogens with zero attached hydrogens (tertiary/aromatic N) is 2. The van der Waals surface area contributed by atoms with Crippen LogP contribution in [0.4, 0.5) is 0 Å². The molecule has 1 amide bonds. The standard InChI is InChI=1S/C43H46N2O8/c1-8-19-52-39-26(3)40(49-6)41(50-7)33-31(24-51-22-27-15-11-9-12-16-27)45-36(37(46)34(33)39)35-32-29(21-30(43(45)47)44(35)4)20-25(2)38(48-5)42(32)53-23-28-17-13-10-14-18-28/h8-18,20,30-31,35-36H,1,19,21-24H2,2-7H3/t30-,31-,35+,36-/m0/s1. The largest absolute Gasteiger partial charge is 0.493 e. The van der Waals surface area contributed by atoms with E-state index in [1.54, 1.807) is 32.3 Å². The van der Waals surface area contributed by atoms with Crippen LogP contribution in [0, 0.1) is 13.8 Å². The average Bonchev–Trinajstić information content (AvgIpc) is 3.17. The van der Waals surface area contributed by atoms with Gasteiger partial charge in [-0.3, -0.25) is 14.5 Å². The maximum absolute atomic E-state index is 15.5.